The summed E-state index contributed by atoms with van der Waals surface area (Å²) >= 11 is 0. The van der Waals surface area contributed by atoms with E-state index in [-0.39, 0.29) is 17.2 Å². The summed E-state index contributed by atoms with van der Waals surface area (Å²) in [6.07, 6.45) is 1.67. The highest BCUT2D eigenvalue weighted by atomic mass is 16.2. The maximum absolute atomic E-state index is 13.2. The molecule has 0 aliphatic carbocycles. The van der Waals surface area contributed by atoms with Gasteiger partial charge in [0, 0.05) is 28.0 Å². The van der Waals surface area contributed by atoms with Crippen molar-refractivity contribution >= 4 is 28.2 Å². The van der Waals surface area contributed by atoms with Gasteiger partial charge in [0.1, 0.15) is 6.04 Å². The van der Waals surface area contributed by atoms with Gasteiger partial charge in [0.15, 0.2) is 5.78 Å². The number of nitrogens with one attached hydrogen (secondary N) is 1. The molecule has 0 unspecified atom stereocenters. The third-order valence-electron chi connectivity index (χ3n) is 5.78. The molecule has 7 nitrogen and oxygen atoms in total. The maximum Gasteiger partial charge on any atom is 0.281 e. The standard InChI is InChI=1S/C25H24N4O3/c1-15-22-14-26-29(21-8-6-5-7-9-21)25(32)23(22)16(2)28(15)17(3)24(31)27-20-12-10-19(11-13-20)18(4)30/h5-14,17H,1-4H3,(H,27,31)/t17-/m0/s1. The Bertz CT molecular complexity index is 1380. The third-order valence-corrected chi connectivity index (χ3v) is 5.78. The van der Waals surface area contributed by atoms with Gasteiger partial charge in [0.2, 0.25) is 5.91 Å². The number of rotatable bonds is 5. The van der Waals surface area contributed by atoms with Crippen molar-refractivity contribution in [2.45, 2.75) is 33.7 Å². The van der Waals surface area contributed by atoms with Crippen LogP contribution in [0.5, 0.6) is 0 Å². The molecule has 0 fully saturated rings. The summed E-state index contributed by atoms with van der Waals surface area (Å²) in [7, 11) is 0. The first-order chi connectivity index (χ1) is 15.3. The molecule has 32 heavy (non-hydrogen) atoms. The number of carbonyl (C=O) groups is 2. The lowest BCUT2D eigenvalue weighted by molar-refractivity contribution is -0.118. The average Bonchev–Trinajstić information content (AvgIpc) is 3.05. The molecule has 4 rings (SSSR count). The summed E-state index contributed by atoms with van der Waals surface area (Å²) in [5.41, 5.74) is 3.17. The number of Topliss-reactive ketones (excluding diaryl/α,β-unsaturated/α-hetero) is 1. The fraction of sp³-hybridized carbons (Fsp3) is 0.200. The molecule has 0 aliphatic heterocycles. The lowest BCUT2D eigenvalue weighted by Crippen LogP contribution is -2.25. The summed E-state index contributed by atoms with van der Waals surface area (Å²) in [5, 5.41) is 8.51. The van der Waals surface area contributed by atoms with Crippen LogP contribution in [0.1, 0.15) is 41.6 Å². The Kier molecular flexibility index (Phi) is 5.48. The van der Waals surface area contributed by atoms with Gasteiger partial charge < -0.3 is 9.88 Å². The van der Waals surface area contributed by atoms with Crippen molar-refractivity contribution in [1.29, 1.82) is 0 Å². The molecule has 0 spiro atoms. The number of fused-ring (bicyclic) bond motifs is 1. The average molecular weight is 428 g/mol. The number of ketones is 1. The number of aromatic nitrogens is 3. The van der Waals surface area contributed by atoms with E-state index in [0.717, 1.165) is 11.1 Å². The number of para-hydroxylation sites is 1. The molecule has 4 aromatic rings. The van der Waals surface area contributed by atoms with Gasteiger partial charge in [0.05, 0.1) is 17.3 Å². The van der Waals surface area contributed by atoms with Crippen molar-refractivity contribution in [3.05, 3.63) is 88.1 Å². The van der Waals surface area contributed by atoms with Crippen molar-refractivity contribution in [3.8, 4) is 5.69 Å². The molecular formula is C25H24N4O3. The summed E-state index contributed by atoms with van der Waals surface area (Å²) in [6, 6.07) is 15.5. The monoisotopic (exact) mass is 428 g/mol. The molecule has 0 saturated heterocycles. The van der Waals surface area contributed by atoms with Crippen LogP contribution in [0.4, 0.5) is 5.69 Å². The van der Waals surface area contributed by atoms with Crippen LogP contribution < -0.4 is 10.9 Å². The van der Waals surface area contributed by atoms with Crippen LogP contribution >= 0.6 is 0 Å². The molecule has 2 heterocycles. The minimum absolute atomic E-state index is 0.0312. The summed E-state index contributed by atoms with van der Waals surface area (Å²) in [5.74, 6) is -0.250. The number of anilines is 1. The van der Waals surface area contributed by atoms with E-state index in [9.17, 15) is 14.4 Å². The Morgan fingerprint density at radius 1 is 0.969 bits per heavy atom. The van der Waals surface area contributed by atoms with Crippen molar-refractivity contribution < 1.29 is 9.59 Å². The van der Waals surface area contributed by atoms with E-state index < -0.39 is 6.04 Å². The van der Waals surface area contributed by atoms with Crippen LogP contribution in [-0.4, -0.2) is 26.0 Å². The van der Waals surface area contributed by atoms with Gasteiger partial charge in [0.25, 0.3) is 5.56 Å². The lowest BCUT2D eigenvalue weighted by atomic mass is 10.1. The Morgan fingerprint density at radius 3 is 2.25 bits per heavy atom. The highest BCUT2D eigenvalue weighted by Gasteiger charge is 2.23. The van der Waals surface area contributed by atoms with Crippen molar-refractivity contribution in [3.63, 3.8) is 0 Å². The predicted octanol–water partition coefficient (Wildman–Crippen LogP) is 4.21. The zero-order valence-corrected chi connectivity index (χ0v) is 18.4. The van der Waals surface area contributed by atoms with E-state index in [1.807, 2.05) is 48.7 Å². The molecular weight excluding hydrogens is 404 g/mol. The van der Waals surface area contributed by atoms with E-state index in [0.29, 0.717) is 28.0 Å². The number of benzene rings is 2. The number of nitrogens with zero attached hydrogens (tertiary/aromatic N) is 3. The van der Waals surface area contributed by atoms with Crippen molar-refractivity contribution in [2.75, 3.05) is 5.32 Å². The summed E-state index contributed by atoms with van der Waals surface area (Å²) in [6.45, 7) is 7.02. The highest BCUT2D eigenvalue weighted by Crippen LogP contribution is 2.27. The molecule has 1 amide bonds. The molecule has 162 valence electrons. The van der Waals surface area contributed by atoms with Gasteiger partial charge in [-0.3, -0.25) is 14.4 Å². The first-order valence-electron chi connectivity index (χ1n) is 10.4. The lowest BCUT2D eigenvalue weighted by Gasteiger charge is -2.18. The van der Waals surface area contributed by atoms with E-state index in [1.165, 1.54) is 11.6 Å². The SMILES string of the molecule is CC(=O)c1ccc(NC(=O)[C@H](C)n2c(C)c3cnn(-c4ccccc4)c(=O)c3c2C)cc1. The van der Waals surface area contributed by atoms with E-state index >= 15 is 0 Å². The van der Waals surface area contributed by atoms with Gasteiger partial charge in [-0.15, -0.1) is 0 Å². The molecule has 7 heteroatoms. The van der Waals surface area contributed by atoms with Gasteiger partial charge in [-0.1, -0.05) is 18.2 Å². The minimum atomic E-state index is -0.556. The quantitative estimate of drug-likeness (QED) is 0.483. The fourth-order valence-corrected chi connectivity index (χ4v) is 4.07. The Hall–Kier alpha value is -4.00. The molecule has 1 N–H and O–H groups in total. The molecule has 0 aliphatic rings. The largest absolute Gasteiger partial charge is 0.336 e. The van der Waals surface area contributed by atoms with E-state index in [2.05, 4.69) is 10.4 Å². The predicted molar refractivity (Wildman–Crippen MR) is 125 cm³/mol. The summed E-state index contributed by atoms with van der Waals surface area (Å²) < 4.78 is 3.24. The Morgan fingerprint density at radius 2 is 1.62 bits per heavy atom. The van der Waals surface area contributed by atoms with Crippen molar-refractivity contribution in [1.82, 2.24) is 14.3 Å². The van der Waals surface area contributed by atoms with Gasteiger partial charge in [-0.2, -0.15) is 9.78 Å². The van der Waals surface area contributed by atoms with E-state index in [4.69, 9.17) is 0 Å². The van der Waals surface area contributed by atoms with Crippen LogP contribution in [0.2, 0.25) is 0 Å². The Balaban J connectivity index is 1.70. The van der Waals surface area contributed by atoms with Crippen LogP contribution in [0.3, 0.4) is 0 Å². The number of hydrogen-bond acceptors (Lipinski definition) is 4. The van der Waals surface area contributed by atoms with Gasteiger partial charge in [-0.05, 0) is 64.1 Å². The summed E-state index contributed by atoms with van der Waals surface area (Å²) in [4.78, 5) is 37.7. The number of amides is 1. The second-order valence-corrected chi connectivity index (χ2v) is 7.83. The first-order valence-corrected chi connectivity index (χ1v) is 10.4. The molecule has 2 aromatic heterocycles. The number of aryl methyl sites for hydroxylation is 2. The molecule has 0 bridgehead atoms. The minimum Gasteiger partial charge on any atom is -0.336 e. The van der Waals surface area contributed by atoms with Crippen LogP contribution in [-0.2, 0) is 4.79 Å². The zero-order chi connectivity index (χ0) is 23.0. The van der Waals surface area contributed by atoms with Crippen LogP contribution in [0.15, 0.2) is 65.6 Å². The smallest absolute Gasteiger partial charge is 0.281 e. The third kappa shape index (κ3) is 3.62. The topological polar surface area (TPSA) is 86.0 Å². The second kappa shape index (κ2) is 8.26. The number of hydrogen-bond donors (Lipinski definition) is 1. The molecule has 0 radical (unpaired) electrons. The van der Waals surface area contributed by atoms with Crippen LogP contribution in [0, 0.1) is 13.8 Å². The van der Waals surface area contributed by atoms with Crippen molar-refractivity contribution in [2.24, 2.45) is 0 Å². The normalized spacial score (nSPS) is 12.0. The maximum atomic E-state index is 13.2. The van der Waals surface area contributed by atoms with Gasteiger partial charge >= 0.3 is 0 Å². The van der Waals surface area contributed by atoms with Gasteiger partial charge in [-0.25, -0.2) is 0 Å². The molecule has 0 saturated carbocycles. The van der Waals surface area contributed by atoms with Crippen LogP contribution in [0.25, 0.3) is 16.5 Å². The second-order valence-electron chi connectivity index (χ2n) is 7.83. The molecule has 2 aromatic carbocycles. The fourth-order valence-electron chi connectivity index (χ4n) is 4.07. The zero-order valence-electron chi connectivity index (χ0n) is 18.4. The Labute approximate surface area is 185 Å². The first kappa shape index (κ1) is 21.2. The highest BCUT2D eigenvalue weighted by molar-refractivity contribution is 5.97. The number of carbonyl (C=O) groups excluding carboxylic acids is 2. The molecule has 1 atom stereocenters. The van der Waals surface area contributed by atoms with E-state index in [1.54, 1.807) is 37.4 Å².